The second-order valence-corrected chi connectivity index (χ2v) is 5.15. The zero-order valence-electron chi connectivity index (χ0n) is 11.5. The molecule has 0 spiro atoms. The Morgan fingerprint density at radius 2 is 2.16 bits per heavy atom. The van der Waals surface area contributed by atoms with Gasteiger partial charge in [0.15, 0.2) is 5.78 Å². The van der Waals surface area contributed by atoms with Crippen molar-refractivity contribution in [2.75, 3.05) is 25.6 Å². The van der Waals surface area contributed by atoms with E-state index >= 15 is 0 Å². The molecule has 0 fully saturated rings. The van der Waals surface area contributed by atoms with Crippen molar-refractivity contribution in [1.82, 2.24) is 0 Å². The van der Waals surface area contributed by atoms with E-state index in [9.17, 15) is 4.79 Å². The molecule has 0 unspecified atom stereocenters. The van der Waals surface area contributed by atoms with E-state index in [-0.39, 0.29) is 5.78 Å². The van der Waals surface area contributed by atoms with Gasteiger partial charge in [-0.15, -0.1) is 0 Å². The van der Waals surface area contributed by atoms with E-state index in [1.54, 1.807) is 20.1 Å². The van der Waals surface area contributed by atoms with Crippen LogP contribution in [0.5, 0.6) is 0 Å². The molecule has 0 saturated heterocycles. The molecule has 0 amide bonds. The fourth-order valence-corrected chi connectivity index (χ4v) is 2.39. The molecule has 0 bridgehead atoms. The summed E-state index contributed by atoms with van der Waals surface area (Å²) in [7, 11) is 1.67. The molecule has 0 aliphatic carbocycles. The summed E-state index contributed by atoms with van der Waals surface area (Å²) in [5.74, 6) is 0.0238. The number of Topliss-reactive ketones (excluding diaryl/α,β-unsaturated/α-hetero) is 1. The second kappa shape index (κ2) is 7.40. The van der Waals surface area contributed by atoms with Crippen molar-refractivity contribution >= 4 is 32.0 Å². The second-order valence-electron chi connectivity index (χ2n) is 4.36. The number of hydrogen-bond donors (Lipinski definition) is 2. The lowest BCUT2D eigenvalue weighted by molar-refractivity contribution is 0.101. The van der Waals surface area contributed by atoms with Crippen molar-refractivity contribution in [3.05, 3.63) is 28.8 Å². The van der Waals surface area contributed by atoms with Gasteiger partial charge in [0.05, 0.1) is 0 Å². The molecular formula is C14H19BrN2O2. The van der Waals surface area contributed by atoms with Crippen molar-refractivity contribution in [3.63, 3.8) is 0 Å². The van der Waals surface area contributed by atoms with Gasteiger partial charge in [-0.1, -0.05) is 0 Å². The molecule has 0 heterocycles. The predicted molar refractivity (Wildman–Crippen MR) is 81.9 cm³/mol. The van der Waals surface area contributed by atoms with Gasteiger partial charge in [-0.25, -0.2) is 0 Å². The molecule has 0 aliphatic rings. The maximum Gasteiger partial charge on any atom is 0.159 e. The standard InChI is InChI=1S/C14H19BrN2O2/c1-9-7-11(10(2)18)8-12(13(9)14(15)16)17-5-4-6-19-3/h7-8,16-17H,4-6H2,1-3H3. The Kier molecular flexibility index (Phi) is 6.18. The third kappa shape index (κ3) is 4.44. The van der Waals surface area contributed by atoms with Crippen LogP contribution in [-0.2, 0) is 4.74 Å². The number of ketones is 1. The molecular weight excluding hydrogens is 308 g/mol. The van der Waals surface area contributed by atoms with E-state index < -0.39 is 0 Å². The van der Waals surface area contributed by atoms with E-state index in [4.69, 9.17) is 10.1 Å². The average Bonchev–Trinajstić information content (AvgIpc) is 2.33. The molecule has 1 aromatic carbocycles. The van der Waals surface area contributed by atoms with Crippen molar-refractivity contribution in [2.45, 2.75) is 20.3 Å². The summed E-state index contributed by atoms with van der Waals surface area (Å²) in [5.41, 5.74) is 3.17. The minimum atomic E-state index is 0.0238. The predicted octanol–water partition coefficient (Wildman–Crippen LogP) is 3.37. The summed E-state index contributed by atoms with van der Waals surface area (Å²) >= 11 is 3.20. The van der Waals surface area contributed by atoms with Gasteiger partial charge in [-0.3, -0.25) is 10.2 Å². The van der Waals surface area contributed by atoms with Crippen molar-refractivity contribution in [1.29, 1.82) is 5.41 Å². The number of hydrogen-bond acceptors (Lipinski definition) is 4. The number of carbonyl (C=O) groups excluding carboxylic acids is 1. The van der Waals surface area contributed by atoms with Gasteiger partial charge in [-0.2, -0.15) is 0 Å². The summed E-state index contributed by atoms with van der Waals surface area (Å²) in [5, 5.41) is 11.0. The van der Waals surface area contributed by atoms with E-state index in [0.717, 1.165) is 29.8 Å². The van der Waals surface area contributed by atoms with Crippen molar-refractivity contribution in [2.24, 2.45) is 0 Å². The maximum atomic E-state index is 11.5. The molecule has 0 saturated carbocycles. The Labute approximate surface area is 122 Å². The first-order valence-corrected chi connectivity index (χ1v) is 6.89. The first-order valence-electron chi connectivity index (χ1n) is 6.10. The molecule has 0 aliphatic heterocycles. The van der Waals surface area contributed by atoms with Gasteiger partial charge in [0.1, 0.15) is 4.62 Å². The van der Waals surface area contributed by atoms with Crippen LogP contribution in [0.1, 0.15) is 34.8 Å². The van der Waals surface area contributed by atoms with Gasteiger partial charge in [-0.05, 0) is 53.9 Å². The van der Waals surface area contributed by atoms with Crippen LogP contribution in [0, 0.1) is 12.3 Å². The van der Waals surface area contributed by atoms with Gasteiger partial charge in [0.25, 0.3) is 0 Å². The van der Waals surface area contributed by atoms with E-state index in [1.807, 2.05) is 13.0 Å². The number of ether oxygens (including phenoxy) is 1. The Hall–Kier alpha value is -1.20. The summed E-state index contributed by atoms with van der Waals surface area (Å²) in [6, 6.07) is 3.61. The SMILES string of the molecule is COCCCNc1cc(C(C)=O)cc(C)c1C(=N)Br. The van der Waals surface area contributed by atoms with Gasteiger partial charge < -0.3 is 10.1 Å². The first kappa shape index (κ1) is 15.9. The molecule has 19 heavy (non-hydrogen) atoms. The summed E-state index contributed by atoms with van der Waals surface area (Å²) in [6.07, 6.45) is 0.870. The molecule has 4 nitrogen and oxygen atoms in total. The third-order valence-corrected chi connectivity index (χ3v) is 3.20. The number of nitrogens with one attached hydrogen (secondary N) is 2. The Morgan fingerprint density at radius 3 is 2.68 bits per heavy atom. The Bertz CT molecular complexity index is 487. The molecule has 5 heteroatoms. The molecule has 2 N–H and O–H groups in total. The average molecular weight is 327 g/mol. The molecule has 104 valence electrons. The van der Waals surface area contributed by atoms with Crippen LogP contribution in [-0.4, -0.2) is 30.7 Å². The van der Waals surface area contributed by atoms with Crippen LogP contribution in [0.25, 0.3) is 0 Å². The summed E-state index contributed by atoms with van der Waals surface area (Å²) < 4.78 is 5.31. The van der Waals surface area contributed by atoms with E-state index in [1.165, 1.54) is 0 Å². The first-order chi connectivity index (χ1) is 8.97. The normalized spacial score (nSPS) is 10.3. The molecule has 1 rings (SSSR count). The summed E-state index contributed by atoms with van der Waals surface area (Å²) in [6.45, 7) is 4.86. The smallest absolute Gasteiger partial charge is 0.159 e. The largest absolute Gasteiger partial charge is 0.385 e. The van der Waals surface area contributed by atoms with Crippen LogP contribution < -0.4 is 5.32 Å². The highest BCUT2D eigenvalue weighted by Gasteiger charge is 2.12. The number of benzene rings is 1. The zero-order chi connectivity index (χ0) is 14.4. The number of aryl methyl sites for hydroxylation is 1. The van der Waals surface area contributed by atoms with Crippen LogP contribution in [0.2, 0.25) is 0 Å². The third-order valence-electron chi connectivity index (χ3n) is 2.80. The van der Waals surface area contributed by atoms with Gasteiger partial charge >= 0.3 is 0 Å². The van der Waals surface area contributed by atoms with Gasteiger partial charge in [0.2, 0.25) is 0 Å². The van der Waals surface area contributed by atoms with Crippen LogP contribution in [0.4, 0.5) is 5.69 Å². The van der Waals surface area contributed by atoms with Gasteiger partial charge in [0, 0.05) is 37.1 Å². The lowest BCUT2D eigenvalue weighted by Crippen LogP contribution is -2.10. The monoisotopic (exact) mass is 326 g/mol. The highest BCUT2D eigenvalue weighted by atomic mass is 79.9. The fraction of sp³-hybridized carbons (Fsp3) is 0.429. The van der Waals surface area contributed by atoms with Crippen LogP contribution in [0.3, 0.4) is 0 Å². The summed E-state index contributed by atoms with van der Waals surface area (Å²) in [4.78, 5) is 11.5. The number of methoxy groups -OCH3 is 1. The molecule has 0 atom stereocenters. The topological polar surface area (TPSA) is 62.2 Å². The Balaban J connectivity index is 3.03. The van der Waals surface area contributed by atoms with E-state index in [0.29, 0.717) is 16.8 Å². The highest BCUT2D eigenvalue weighted by molar-refractivity contribution is 9.18. The lowest BCUT2D eigenvalue weighted by atomic mass is 10.0. The van der Waals surface area contributed by atoms with Crippen molar-refractivity contribution < 1.29 is 9.53 Å². The zero-order valence-corrected chi connectivity index (χ0v) is 13.1. The quantitative estimate of drug-likeness (QED) is 0.458. The minimum Gasteiger partial charge on any atom is -0.385 e. The highest BCUT2D eigenvalue weighted by Crippen LogP contribution is 2.25. The fourth-order valence-electron chi connectivity index (χ4n) is 1.86. The molecule has 1 aromatic rings. The lowest BCUT2D eigenvalue weighted by Gasteiger charge is -2.14. The van der Waals surface area contributed by atoms with Crippen LogP contribution >= 0.6 is 15.9 Å². The van der Waals surface area contributed by atoms with Crippen LogP contribution in [0.15, 0.2) is 12.1 Å². The van der Waals surface area contributed by atoms with E-state index in [2.05, 4.69) is 21.2 Å². The maximum absolute atomic E-state index is 11.5. The van der Waals surface area contributed by atoms with Crippen molar-refractivity contribution in [3.8, 4) is 0 Å². The number of rotatable bonds is 7. The number of anilines is 1. The Morgan fingerprint density at radius 1 is 1.47 bits per heavy atom. The molecule has 0 radical (unpaired) electrons. The number of halogens is 1. The minimum absolute atomic E-state index is 0.0238. The molecule has 0 aromatic heterocycles. The number of carbonyl (C=O) groups is 1.